The maximum absolute atomic E-state index is 12.5. The molecule has 1 heterocycles. The summed E-state index contributed by atoms with van der Waals surface area (Å²) in [5.41, 5.74) is 5.71. The van der Waals surface area contributed by atoms with Gasteiger partial charge in [0.15, 0.2) is 0 Å². The van der Waals surface area contributed by atoms with Crippen LogP contribution < -0.4 is 10.5 Å². The summed E-state index contributed by atoms with van der Waals surface area (Å²) in [5.74, 6) is 0. The lowest BCUT2D eigenvalue weighted by Crippen LogP contribution is -2.25. The zero-order valence-electron chi connectivity index (χ0n) is 11.6. The molecule has 0 radical (unpaired) electrons. The first-order valence-corrected chi connectivity index (χ1v) is 9.10. The normalized spacial score (nSPS) is 12.1. The number of benzene rings is 1. The maximum Gasteiger partial charge on any atom is 0.242 e. The predicted octanol–water partition coefficient (Wildman–Crippen LogP) is 2.83. The van der Waals surface area contributed by atoms with Gasteiger partial charge in [0.05, 0.1) is 0 Å². The molecule has 6 heteroatoms. The number of hydrogen-bond acceptors (Lipinski definition) is 4. The van der Waals surface area contributed by atoms with Crippen LogP contribution >= 0.6 is 11.3 Å². The van der Waals surface area contributed by atoms with Crippen LogP contribution in [-0.2, 0) is 16.6 Å². The lowest BCUT2D eigenvalue weighted by atomic mass is 10.2. The Bertz CT molecular complexity index is 678. The summed E-state index contributed by atoms with van der Waals surface area (Å²) in [6.07, 6.45) is 2.95. The number of rotatable bonds is 7. The average molecular weight is 312 g/mol. The summed E-state index contributed by atoms with van der Waals surface area (Å²) in [5, 5.41) is 0.765. The van der Waals surface area contributed by atoms with E-state index >= 15 is 0 Å². The van der Waals surface area contributed by atoms with Gasteiger partial charge < -0.3 is 5.73 Å². The Kier molecular flexibility index (Phi) is 5.15. The molecule has 0 unspecified atom stereocenters. The Morgan fingerprint density at radius 1 is 1.25 bits per heavy atom. The SMILES string of the molecule is CCCCCNS(=O)(=O)c1c(CN)sc2ccccc12. The summed E-state index contributed by atoms with van der Waals surface area (Å²) >= 11 is 1.45. The molecule has 0 fully saturated rings. The van der Waals surface area contributed by atoms with E-state index in [2.05, 4.69) is 11.6 Å². The first kappa shape index (κ1) is 15.4. The molecule has 0 saturated carbocycles. The van der Waals surface area contributed by atoms with Crippen molar-refractivity contribution >= 4 is 31.4 Å². The molecule has 0 aliphatic heterocycles. The van der Waals surface area contributed by atoms with E-state index in [1.807, 2.05) is 24.3 Å². The van der Waals surface area contributed by atoms with E-state index in [9.17, 15) is 8.42 Å². The Morgan fingerprint density at radius 3 is 2.70 bits per heavy atom. The lowest BCUT2D eigenvalue weighted by Gasteiger charge is -2.07. The highest BCUT2D eigenvalue weighted by Crippen LogP contribution is 2.34. The molecular formula is C14H20N2O2S2. The molecule has 1 aromatic carbocycles. The van der Waals surface area contributed by atoms with E-state index in [1.54, 1.807) is 0 Å². The summed E-state index contributed by atoms with van der Waals surface area (Å²) in [6, 6.07) is 7.52. The molecule has 0 aliphatic carbocycles. The molecule has 3 N–H and O–H groups in total. The summed E-state index contributed by atoms with van der Waals surface area (Å²) in [6.45, 7) is 2.81. The third kappa shape index (κ3) is 3.20. The van der Waals surface area contributed by atoms with Gasteiger partial charge in [-0.2, -0.15) is 0 Å². The zero-order chi connectivity index (χ0) is 14.6. The minimum absolute atomic E-state index is 0.241. The molecule has 4 nitrogen and oxygen atoms in total. The number of sulfonamides is 1. The standard InChI is InChI=1S/C14H20N2O2S2/c1-2-3-6-9-16-20(17,18)14-11-7-4-5-8-12(11)19-13(14)10-15/h4-5,7-8,16H,2-3,6,9-10,15H2,1H3. The van der Waals surface area contributed by atoms with Crippen molar-refractivity contribution in [3.8, 4) is 0 Å². The highest BCUT2D eigenvalue weighted by molar-refractivity contribution is 7.90. The first-order chi connectivity index (χ1) is 9.60. The molecule has 2 rings (SSSR count). The van der Waals surface area contributed by atoms with Crippen molar-refractivity contribution in [1.82, 2.24) is 4.72 Å². The molecule has 1 aromatic heterocycles. The van der Waals surface area contributed by atoms with Crippen LogP contribution in [0.4, 0.5) is 0 Å². The van der Waals surface area contributed by atoms with Gasteiger partial charge in [0.2, 0.25) is 10.0 Å². The molecule has 20 heavy (non-hydrogen) atoms. The van der Waals surface area contributed by atoms with E-state index in [4.69, 9.17) is 5.73 Å². The predicted molar refractivity (Wildman–Crippen MR) is 84.4 cm³/mol. The highest BCUT2D eigenvalue weighted by atomic mass is 32.2. The zero-order valence-corrected chi connectivity index (χ0v) is 13.2. The number of nitrogens with one attached hydrogen (secondary N) is 1. The van der Waals surface area contributed by atoms with E-state index in [-0.39, 0.29) is 6.54 Å². The van der Waals surface area contributed by atoms with Gasteiger partial charge >= 0.3 is 0 Å². The van der Waals surface area contributed by atoms with Crippen LogP contribution in [0.3, 0.4) is 0 Å². The number of hydrogen-bond donors (Lipinski definition) is 2. The van der Waals surface area contributed by atoms with Gasteiger partial charge in [-0.1, -0.05) is 38.0 Å². The number of thiophene rings is 1. The van der Waals surface area contributed by atoms with Gasteiger partial charge in [-0.15, -0.1) is 11.3 Å². The number of unbranched alkanes of at least 4 members (excludes halogenated alkanes) is 2. The minimum Gasteiger partial charge on any atom is -0.326 e. The summed E-state index contributed by atoms with van der Waals surface area (Å²) in [7, 11) is -3.49. The topological polar surface area (TPSA) is 72.2 Å². The largest absolute Gasteiger partial charge is 0.326 e. The second kappa shape index (κ2) is 6.67. The van der Waals surface area contributed by atoms with Gasteiger partial charge in [0.25, 0.3) is 0 Å². The fourth-order valence-electron chi connectivity index (χ4n) is 2.16. The molecule has 0 amide bonds. The Morgan fingerprint density at radius 2 is 2.00 bits per heavy atom. The Labute approximate surface area is 124 Å². The van der Waals surface area contributed by atoms with Crippen LogP contribution in [0.5, 0.6) is 0 Å². The molecule has 0 saturated heterocycles. The van der Waals surface area contributed by atoms with Gasteiger partial charge in [0.1, 0.15) is 4.90 Å². The van der Waals surface area contributed by atoms with Crippen LogP contribution in [0.2, 0.25) is 0 Å². The Balaban J connectivity index is 2.35. The number of nitrogens with two attached hydrogens (primary N) is 1. The van der Waals surface area contributed by atoms with Gasteiger partial charge in [-0.05, 0) is 12.5 Å². The van der Waals surface area contributed by atoms with Crippen molar-refractivity contribution in [1.29, 1.82) is 0 Å². The van der Waals surface area contributed by atoms with Crippen molar-refractivity contribution in [2.75, 3.05) is 6.54 Å². The van der Waals surface area contributed by atoms with Gasteiger partial charge in [-0.25, -0.2) is 13.1 Å². The van der Waals surface area contributed by atoms with Crippen LogP contribution in [-0.4, -0.2) is 15.0 Å². The van der Waals surface area contributed by atoms with Crippen LogP contribution in [0.25, 0.3) is 10.1 Å². The van der Waals surface area contributed by atoms with E-state index in [0.717, 1.165) is 29.3 Å². The highest BCUT2D eigenvalue weighted by Gasteiger charge is 2.23. The quantitative estimate of drug-likeness (QED) is 0.772. The van der Waals surface area contributed by atoms with Crippen molar-refractivity contribution in [3.63, 3.8) is 0 Å². The van der Waals surface area contributed by atoms with Crippen LogP contribution in [0.1, 0.15) is 31.1 Å². The maximum atomic E-state index is 12.5. The van der Waals surface area contributed by atoms with E-state index in [1.165, 1.54) is 11.3 Å². The average Bonchev–Trinajstić information content (AvgIpc) is 2.83. The molecule has 0 bridgehead atoms. The van der Waals surface area contributed by atoms with Crippen molar-refractivity contribution in [2.24, 2.45) is 5.73 Å². The molecular weight excluding hydrogens is 292 g/mol. The number of fused-ring (bicyclic) bond motifs is 1. The lowest BCUT2D eigenvalue weighted by molar-refractivity contribution is 0.576. The minimum atomic E-state index is -3.49. The van der Waals surface area contributed by atoms with Gasteiger partial charge in [0, 0.05) is 28.1 Å². The molecule has 110 valence electrons. The summed E-state index contributed by atoms with van der Waals surface area (Å²) < 4.78 is 28.6. The molecule has 0 spiro atoms. The Hall–Kier alpha value is -0.950. The van der Waals surface area contributed by atoms with Crippen molar-refractivity contribution in [2.45, 2.75) is 37.6 Å². The van der Waals surface area contributed by atoms with E-state index < -0.39 is 10.0 Å². The third-order valence-corrected chi connectivity index (χ3v) is 6.05. The molecule has 2 aromatic rings. The third-order valence-electron chi connectivity index (χ3n) is 3.14. The smallest absolute Gasteiger partial charge is 0.242 e. The second-order valence-corrected chi connectivity index (χ2v) is 7.50. The van der Waals surface area contributed by atoms with Crippen LogP contribution in [0.15, 0.2) is 29.2 Å². The monoisotopic (exact) mass is 312 g/mol. The van der Waals surface area contributed by atoms with Crippen molar-refractivity contribution < 1.29 is 8.42 Å². The fraction of sp³-hybridized carbons (Fsp3) is 0.429. The van der Waals surface area contributed by atoms with Gasteiger partial charge in [-0.3, -0.25) is 0 Å². The van der Waals surface area contributed by atoms with E-state index in [0.29, 0.717) is 16.3 Å². The molecule has 0 atom stereocenters. The van der Waals surface area contributed by atoms with Crippen LogP contribution in [0, 0.1) is 0 Å². The molecule has 0 aliphatic rings. The first-order valence-electron chi connectivity index (χ1n) is 6.80. The summed E-state index contributed by atoms with van der Waals surface area (Å²) in [4.78, 5) is 1.08. The fourth-order valence-corrected chi connectivity index (χ4v) is 5.06. The van der Waals surface area contributed by atoms with Crippen molar-refractivity contribution in [3.05, 3.63) is 29.1 Å². The second-order valence-electron chi connectivity index (χ2n) is 4.66.